The zero-order valence-electron chi connectivity index (χ0n) is 9.77. The molecule has 16 heavy (non-hydrogen) atoms. The third-order valence-corrected chi connectivity index (χ3v) is 2.58. The molecule has 0 saturated heterocycles. The SMILES string of the molecule is COc1cc(CC(C)O)ccc1OC1CC1. The fourth-order valence-electron chi connectivity index (χ4n) is 1.64. The molecule has 1 aliphatic rings. The lowest BCUT2D eigenvalue weighted by Crippen LogP contribution is -2.05. The minimum Gasteiger partial charge on any atom is -0.493 e. The molecule has 0 bridgehead atoms. The van der Waals surface area contributed by atoms with Crippen LogP contribution in [0.15, 0.2) is 18.2 Å². The van der Waals surface area contributed by atoms with Gasteiger partial charge in [0, 0.05) is 0 Å². The number of methoxy groups -OCH3 is 1. The summed E-state index contributed by atoms with van der Waals surface area (Å²) in [7, 11) is 1.64. The Morgan fingerprint density at radius 2 is 2.12 bits per heavy atom. The second-order valence-electron chi connectivity index (χ2n) is 4.36. The van der Waals surface area contributed by atoms with Crippen molar-refractivity contribution < 1.29 is 14.6 Å². The Bertz CT molecular complexity index is 356. The van der Waals surface area contributed by atoms with E-state index in [9.17, 15) is 5.11 Å². The minimum absolute atomic E-state index is 0.333. The number of rotatable bonds is 5. The first-order valence-corrected chi connectivity index (χ1v) is 5.70. The highest BCUT2D eigenvalue weighted by Gasteiger charge is 2.24. The fraction of sp³-hybridized carbons (Fsp3) is 0.538. The Kier molecular flexibility index (Phi) is 3.34. The molecule has 2 rings (SSSR count). The van der Waals surface area contributed by atoms with Crippen LogP contribution in [0.4, 0.5) is 0 Å². The van der Waals surface area contributed by atoms with E-state index in [1.165, 1.54) is 0 Å². The second kappa shape index (κ2) is 4.74. The van der Waals surface area contributed by atoms with E-state index < -0.39 is 0 Å². The monoisotopic (exact) mass is 222 g/mol. The maximum absolute atomic E-state index is 9.32. The van der Waals surface area contributed by atoms with Gasteiger partial charge in [0.2, 0.25) is 0 Å². The van der Waals surface area contributed by atoms with Crippen molar-refractivity contribution in [1.29, 1.82) is 0 Å². The van der Waals surface area contributed by atoms with Crippen molar-refractivity contribution in [3.8, 4) is 11.5 Å². The molecule has 1 saturated carbocycles. The summed E-state index contributed by atoms with van der Waals surface area (Å²) in [5.74, 6) is 1.56. The summed E-state index contributed by atoms with van der Waals surface area (Å²) >= 11 is 0. The van der Waals surface area contributed by atoms with Crippen LogP contribution < -0.4 is 9.47 Å². The summed E-state index contributed by atoms with van der Waals surface area (Å²) in [5, 5.41) is 9.32. The van der Waals surface area contributed by atoms with Crippen molar-refractivity contribution in [2.45, 2.75) is 38.4 Å². The van der Waals surface area contributed by atoms with Gasteiger partial charge in [0.15, 0.2) is 11.5 Å². The summed E-state index contributed by atoms with van der Waals surface area (Å²) < 4.78 is 11.0. The number of hydrogen-bond acceptors (Lipinski definition) is 3. The van der Waals surface area contributed by atoms with Crippen LogP contribution in [-0.2, 0) is 6.42 Å². The van der Waals surface area contributed by atoms with Gasteiger partial charge in [0.05, 0.1) is 19.3 Å². The number of ether oxygens (including phenoxy) is 2. The molecule has 1 aromatic carbocycles. The van der Waals surface area contributed by atoms with Gasteiger partial charge < -0.3 is 14.6 Å². The van der Waals surface area contributed by atoms with E-state index in [0.717, 1.165) is 29.9 Å². The van der Waals surface area contributed by atoms with E-state index >= 15 is 0 Å². The zero-order valence-corrected chi connectivity index (χ0v) is 9.77. The quantitative estimate of drug-likeness (QED) is 0.829. The highest BCUT2D eigenvalue weighted by molar-refractivity contribution is 5.43. The van der Waals surface area contributed by atoms with Crippen LogP contribution in [0.5, 0.6) is 11.5 Å². The molecule has 1 N–H and O–H groups in total. The van der Waals surface area contributed by atoms with Crippen LogP contribution >= 0.6 is 0 Å². The van der Waals surface area contributed by atoms with Crippen LogP contribution in [0.1, 0.15) is 25.3 Å². The lowest BCUT2D eigenvalue weighted by atomic mass is 10.1. The summed E-state index contributed by atoms with van der Waals surface area (Å²) in [6.45, 7) is 1.78. The molecular weight excluding hydrogens is 204 g/mol. The van der Waals surface area contributed by atoms with Crippen molar-refractivity contribution >= 4 is 0 Å². The van der Waals surface area contributed by atoms with Gasteiger partial charge in [-0.25, -0.2) is 0 Å². The van der Waals surface area contributed by atoms with Gasteiger partial charge in [-0.15, -0.1) is 0 Å². The normalized spacial score (nSPS) is 16.9. The van der Waals surface area contributed by atoms with E-state index in [2.05, 4.69) is 0 Å². The van der Waals surface area contributed by atoms with Crippen LogP contribution in [-0.4, -0.2) is 24.4 Å². The summed E-state index contributed by atoms with van der Waals surface area (Å²) in [6, 6.07) is 5.84. The standard InChI is InChI=1S/C13H18O3/c1-9(14)7-10-3-6-12(13(8-10)15-2)16-11-4-5-11/h3,6,8-9,11,14H,4-5,7H2,1-2H3. The molecule has 1 aromatic rings. The summed E-state index contributed by atoms with van der Waals surface area (Å²) in [4.78, 5) is 0. The molecule has 0 aliphatic heterocycles. The largest absolute Gasteiger partial charge is 0.493 e. The molecule has 0 aromatic heterocycles. The van der Waals surface area contributed by atoms with E-state index in [-0.39, 0.29) is 6.10 Å². The zero-order chi connectivity index (χ0) is 11.5. The predicted molar refractivity (Wildman–Crippen MR) is 62.0 cm³/mol. The number of benzene rings is 1. The molecule has 0 heterocycles. The predicted octanol–water partition coefficient (Wildman–Crippen LogP) is 2.16. The molecule has 1 atom stereocenters. The number of aliphatic hydroxyl groups excluding tert-OH is 1. The lowest BCUT2D eigenvalue weighted by molar-refractivity contribution is 0.195. The average Bonchev–Trinajstić information content (AvgIpc) is 3.03. The molecule has 3 heteroatoms. The van der Waals surface area contributed by atoms with Crippen LogP contribution in [0.3, 0.4) is 0 Å². The lowest BCUT2D eigenvalue weighted by Gasteiger charge is -2.12. The first-order valence-electron chi connectivity index (χ1n) is 5.70. The van der Waals surface area contributed by atoms with Gasteiger partial charge in [-0.05, 0) is 43.9 Å². The molecule has 0 spiro atoms. The van der Waals surface area contributed by atoms with Gasteiger partial charge >= 0.3 is 0 Å². The summed E-state index contributed by atoms with van der Waals surface area (Å²) in [5.41, 5.74) is 1.06. The Labute approximate surface area is 96.0 Å². The highest BCUT2D eigenvalue weighted by atomic mass is 16.5. The van der Waals surface area contributed by atoms with Gasteiger partial charge in [-0.3, -0.25) is 0 Å². The van der Waals surface area contributed by atoms with Gasteiger partial charge in [0.1, 0.15) is 0 Å². The molecule has 0 radical (unpaired) electrons. The molecule has 88 valence electrons. The summed E-state index contributed by atoms with van der Waals surface area (Å²) in [6.07, 6.45) is 2.95. The molecule has 3 nitrogen and oxygen atoms in total. The third-order valence-electron chi connectivity index (χ3n) is 2.58. The second-order valence-corrected chi connectivity index (χ2v) is 4.36. The maximum Gasteiger partial charge on any atom is 0.161 e. The third kappa shape index (κ3) is 2.89. The Hall–Kier alpha value is -1.22. The van der Waals surface area contributed by atoms with Gasteiger partial charge in [-0.1, -0.05) is 6.07 Å². The Morgan fingerprint density at radius 3 is 2.69 bits per heavy atom. The first-order chi connectivity index (χ1) is 7.69. The number of aliphatic hydroxyl groups is 1. The number of hydrogen-bond donors (Lipinski definition) is 1. The van der Waals surface area contributed by atoms with Crippen molar-refractivity contribution in [2.24, 2.45) is 0 Å². The van der Waals surface area contributed by atoms with Crippen molar-refractivity contribution in [3.63, 3.8) is 0 Å². The molecule has 1 fully saturated rings. The Balaban J connectivity index is 2.12. The fourth-order valence-corrected chi connectivity index (χ4v) is 1.64. The van der Waals surface area contributed by atoms with E-state index in [1.54, 1.807) is 14.0 Å². The van der Waals surface area contributed by atoms with E-state index in [0.29, 0.717) is 12.5 Å². The molecule has 0 amide bonds. The van der Waals surface area contributed by atoms with Crippen LogP contribution in [0, 0.1) is 0 Å². The highest BCUT2D eigenvalue weighted by Crippen LogP contribution is 2.34. The van der Waals surface area contributed by atoms with Crippen molar-refractivity contribution in [2.75, 3.05) is 7.11 Å². The maximum atomic E-state index is 9.32. The van der Waals surface area contributed by atoms with E-state index in [4.69, 9.17) is 9.47 Å². The van der Waals surface area contributed by atoms with Gasteiger partial charge in [0.25, 0.3) is 0 Å². The smallest absolute Gasteiger partial charge is 0.161 e. The van der Waals surface area contributed by atoms with E-state index in [1.807, 2.05) is 18.2 Å². The average molecular weight is 222 g/mol. The van der Waals surface area contributed by atoms with Gasteiger partial charge in [-0.2, -0.15) is 0 Å². The van der Waals surface area contributed by atoms with Crippen molar-refractivity contribution in [1.82, 2.24) is 0 Å². The molecule has 1 unspecified atom stereocenters. The van der Waals surface area contributed by atoms with Crippen molar-refractivity contribution in [3.05, 3.63) is 23.8 Å². The first kappa shape index (κ1) is 11.3. The Morgan fingerprint density at radius 1 is 1.38 bits per heavy atom. The topological polar surface area (TPSA) is 38.7 Å². The van der Waals surface area contributed by atoms with Crippen LogP contribution in [0.2, 0.25) is 0 Å². The molecular formula is C13H18O3. The molecule has 1 aliphatic carbocycles. The minimum atomic E-state index is -0.333. The van der Waals surface area contributed by atoms with Crippen LogP contribution in [0.25, 0.3) is 0 Å².